The van der Waals surface area contributed by atoms with E-state index in [-0.39, 0.29) is 0 Å². The first kappa shape index (κ1) is 30.6. The zero-order chi connectivity index (χ0) is 35.6. The van der Waals surface area contributed by atoms with E-state index in [1.165, 1.54) is 109 Å². The first-order valence-electron chi connectivity index (χ1n) is 18.7. The van der Waals surface area contributed by atoms with Gasteiger partial charge in [0, 0.05) is 0 Å². The summed E-state index contributed by atoms with van der Waals surface area (Å²) in [6.07, 6.45) is 0. The van der Waals surface area contributed by atoms with Crippen LogP contribution in [-0.2, 0) is 0 Å². The minimum absolute atomic E-state index is 1.21. The maximum Gasteiger partial charge on any atom is -0.00201 e. The fourth-order valence-electron chi connectivity index (χ4n) is 8.83. The molecule has 0 fully saturated rings. The molecule has 11 aromatic carbocycles. The van der Waals surface area contributed by atoms with Gasteiger partial charge in [0.1, 0.15) is 0 Å². The Bertz CT molecular complexity index is 3220. The fourth-order valence-corrected chi connectivity index (χ4v) is 8.83. The van der Waals surface area contributed by atoms with Crippen molar-refractivity contribution in [2.24, 2.45) is 0 Å². The lowest BCUT2D eigenvalue weighted by molar-refractivity contribution is 1.59. The van der Waals surface area contributed by atoms with Crippen LogP contribution >= 0.6 is 0 Å². The first-order chi connectivity index (χ1) is 26.8. The normalized spacial score (nSPS) is 11.7. The Kier molecular flexibility index (Phi) is 6.97. The third-order valence-electron chi connectivity index (χ3n) is 11.4. The van der Waals surface area contributed by atoms with Gasteiger partial charge in [0.05, 0.1) is 0 Å². The van der Waals surface area contributed by atoms with Crippen LogP contribution in [0.5, 0.6) is 0 Å². The lowest BCUT2D eigenvalue weighted by Crippen LogP contribution is -1.92. The standard InChI is InChI=1S/C54H34/c1-2-13-36-30-42(27-26-35(36)12-1)39-17-9-16-38(31-39)40-18-10-19-44(33-40)53-48-20-5-7-22-50(48)54(51-23-8-6-21-49(51)53)47-25-11-24-45-46(47)29-28-43-32-37-14-3-4-15-41(37)34-52(43)45/h1-34H. The monoisotopic (exact) mass is 682 g/mol. The lowest BCUT2D eigenvalue weighted by Gasteiger charge is -2.19. The van der Waals surface area contributed by atoms with Gasteiger partial charge in [0.2, 0.25) is 0 Å². The van der Waals surface area contributed by atoms with Crippen molar-refractivity contribution in [1.82, 2.24) is 0 Å². The van der Waals surface area contributed by atoms with Crippen LogP contribution in [-0.4, -0.2) is 0 Å². The Hall–Kier alpha value is -7.02. The minimum atomic E-state index is 1.21. The first-order valence-corrected chi connectivity index (χ1v) is 18.7. The van der Waals surface area contributed by atoms with Crippen molar-refractivity contribution >= 4 is 64.6 Å². The summed E-state index contributed by atoms with van der Waals surface area (Å²) < 4.78 is 0. The maximum atomic E-state index is 2.38. The highest BCUT2D eigenvalue weighted by atomic mass is 14.2. The van der Waals surface area contributed by atoms with E-state index in [1.807, 2.05) is 0 Å². The van der Waals surface area contributed by atoms with Gasteiger partial charge in [-0.15, -0.1) is 0 Å². The number of benzene rings is 11. The summed E-state index contributed by atoms with van der Waals surface area (Å²) in [5, 5.41) is 15.2. The molecule has 0 aliphatic heterocycles. The molecule has 0 saturated carbocycles. The van der Waals surface area contributed by atoms with Gasteiger partial charge in [-0.2, -0.15) is 0 Å². The van der Waals surface area contributed by atoms with Crippen molar-refractivity contribution in [3.05, 3.63) is 206 Å². The van der Waals surface area contributed by atoms with Crippen LogP contribution in [0, 0.1) is 0 Å². The van der Waals surface area contributed by atoms with Crippen LogP contribution in [0.4, 0.5) is 0 Å². The molecule has 0 heterocycles. The molecule has 0 N–H and O–H groups in total. The van der Waals surface area contributed by atoms with Crippen molar-refractivity contribution in [3.63, 3.8) is 0 Å². The summed E-state index contributed by atoms with van der Waals surface area (Å²) in [6, 6.07) is 76.2. The second-order valence-corrected chi connectivity index (χ2v) is 14.5. The molecule has 0 bridgehead atoms. The van der Waals surface area contributed by atoms with Gasteiger partial charge in [0.15, 0.2) is 0 Å². The molecule has 0 aromatic heterocycles. The molecule has 250 valence electrons. The minimum Gasteiger partial charge on any atom is -0.0616 e. The zero-order valence-corrected chi connectivity index (χ0v) is 29.6. The summed E-state index contributed by atoms with van der Waals surface area (Å²) in [4.78, 5) is 0. The van der Waals surface area contributed by atoms with Crippen molar-refractivity contribution in [2.75, 3.05) is 0 Å². The SMILES string of the molecule is c1cc(-c2cccc(-c3c4ccccc4c(-c4cccc5c4ccc4cc6ccccc6cc45)c4ccccc34)c2)cc(-c2ccc3ccccc3c2)c1. The summed E-state index contributed by atoms with van der Waals surface area (Å²) >= 11 is 0. The molecular weight excluding hydrogens is 649 g/mol. The maximum absolute atomic E-state index is 2.38. The van der Waals surface area contributed by atoms with Gasteiger partial charge in [-0.1, -0.05) is 176 Å². The van der Waals surface area contributed by atoms with Crippen LogP contribution < -0.4 is 0 Å². The fraction of sp³-hybridized carbons (Fsp3) is 0. The van der Waals surface area contributed by atoms with E-state index in [0.717, 1.165) is 0 Å². The van der Waals surface area contributed by atoms with Crippen LogP contribution in [0.25, 0.3) is 109 Å². The third kappa shape index (κ3) is 4.92. The van der Waals surface area contributed by atoms with Gasteiger partial charge in [-0.05, 0) is 139 Å². The molecule has 0 nitrogen and oxygen atoms in total. The van der Waals surface area contributed by atoms with E-state index in [4.69, 9.17) is 0 Å². The van der Waals surface area contributed by atoms with Crippen molar-refractivity contribution in [3.8, 4) is 44.5 Å². The van der Waals surface area contributed by atoms with Gasteiger partial charge < -0.3 is 0 Å². The molecule has 0 aliphatic carbocycles. The van der Waals surface area contributed by atoms with E-state index in [1.54, 1.807) is 0 Å². The highest BCUT2D eigenvalue weighted by Crippen LogP contribution is 2.46. The Labute approximate surface area is 314 Å². The zero-order valence-electron chi connectivity index (χ0n) is 29.6. The average Bonchev–Trinajstić information content (AvgIpc) is 3.24. The van der Waals surface area contributed by atoms with Crippen LogP contribution in [0.15, 0.2) is 206 Å². The average molecular weight is 683 g/mol. The largest absolute Gasteiger partial charge is 0.0616 e. The number of hydrogen-bond donors (Lipinski definition) is 0. The Morgan fingerprint density at radius 1 is 0.185 bits per heavy atom. The summed E-state index contributed by atoms with van der Waals surface area (Å²) in [5.74, 6) is 0. The predicted octanol–water partition coefficient (Wildman–Crippen LogP) is 15.3. The molecule has 0 amide bonds. The molecule has 0 aliphatic rings. The molecule has 54 heavy (non-hydrogen) atoms. The topological polar surface area (TPSA) is 0 Å². The molecule has 11 aromatic rings. The quantitative estimate of drug-likeness (QED) is 0.128. The van der Waals surface area contributed by atoms with Gasteiger partial charge in [-0.3, -0.25) is 0 Å². The Balaban J connectivity index is 1.10. The van der Waals surface area contributed by atoms with Gasteiger partial charge >= 0.3 is 0 Å². The third-order valence-corrected chi connectivity index (χ3v) is 11.4. The van der Waals surface area contributed by atoms with Crippen LogP contribution in [0.3, 0.4) is 0 Å². The molecular formula is C54H34. The molecule has 0 unspecified atom stereocenters. The highest BCUT2D eigenvalue weighted by molar-refractivity contribution is 6.25. The van der Waals surface area contributed by atoms with E-state index >= 15 is 0 Å². The second-order valence-electron chi connectivity index (χ2n) is 14.5. The summed E-state index contributed by atoms with van der Waals surface area (Å²) in [7, 11) is 0. The predicted molar refractivity (Wildman–Crippen MR) is 233 cm³/mol. The van der Waals surface area contributed by atoms with Crippen LogP contribution in [0.2, 0.25) is 0 Å². The highest BCUT2D eigenvalue weighted by Gasteiger charge is 2.19. The lowest BCUT2D eigenvalue weighted by atomic mass is 9.84. The number of hydrogen-bond acceptors (Lipinski definition) is 0. The molecule has 0 spiro atoms. The van der Waals surface area contributed by atoms with Crippen LogP contribution in [0.1, 0.15) is 0 Å². The molecule has 0 saturated heterocycles. The van der Waals surface area contributed by atoms with E-state index in [0.29, 0.717) is 0 Å². The molecule has 0 atom stereocenters. The smallest absolute Gasteiger partial charge is 0.00201 e. The van der Waals surface area contributed by atoms with E-state index in [9.17, 15) is 0 Å². The van der Waals surface area contributed by atoms with Crippen molar-refractivity contribution in [2.45, 2.75) is 0 Å². The Morgan fingerprint density at radius 2 is 0.648 bits per heavy atom. The van der Waals surface area contributed by atoms with E-state index in [2.05, 4.69) is 206 Å². The molecule has 0 heteroatoms. The Morgan fingerprint density at radius 3 is 1.31 bits per heavy atom. The van der Waals surface area contributed by atoms with Crippen molar-refractivity contribution in [1.29, 1.82) is 0 Å². The number of fused-ring (bicyclic) bond motifs is 7. The van der Waals surface area contributed by atoms with E-state index < -0.39 is 0 Å². The summed E-state index contributed by atoms with van der Waals surface area (Å²) in [5.41, 5.74) is 9.92. The molecule has 11 rings (SSSR count). The number of rotatable bonds is 4. The van der Waals surface area contributed by atoms with Gasteiger partial charge in [0.25, 0.3) is 0 Å². The van der Waals surface area contributed by atoms with Crippen molar-refractivity contribution < 1.29 is 0 Å². The second kappa shape index (κ2) is 12.3. The molecule has 0 radical (unpaired) electrons. The summed E-state index contributed by atoms with van der Waals surface area (Å²) in [6.45, 7) is 0. The van der Waals surface area contributed by atoms with Gasteiger partial charge in [-0.25, -0.2) is 0 Å².